The first-order valence-corrected chi connectivity index (χ1v) is 3.64. The summed E-state index contributed by atoms with van der Waals surface area (Å²) >= 11 is 8.15. The van der Waals surface area contributed by atoms with Gasteiger partial charge in [-0.25, -0.2) is 0 Å². The average Bonchev–Trinajstić information content (AvgIpc) is 1.95. The smallest absolute Gasteiger partial charge is 0.167 e. The lowest BCUT2D eigenvalue weighted by Gasteiger charge is -2.14. The quantitative estimate of drug-likeness (QED) is 0.591. The van der Waals surface area contributed by atoms with Crippen molar-refractivity contribution in [2.24, 2.45) is 0 Å². The molecule has 0 aromatic rings. The molecule has 0 N–H and O–H groups in total. The van der Waals surface area contributed by atoms with Gasteiger partial charge in [0.05, 0.1) is 12.0 Å². The van der Waals surface area contributed by atoms with E-state index in [9.17, 15) is 0 Å². The largest absolute Gasteiger partial charge is 0.496 e. The zero-order chi connectivity index (χ0) is 7.56. The lowest BCUT2D eigenvalue weighted by molar-refractivity contribution is 0.240. The number of rotatable bonds is 1. The van der Waals surface area contributed by atoms with E-state index >= 15 is 0 Å². The van der Waals surface area contributed by atoms with Crippen molar-refractivity contribution < 1.29 is 9.47 Å². The van der Waals surface area contributed by atoms with Crippen molar-refractivity contribution in [2.75, 3.05) is 13.7 Å². The van der Waals surface area contributed by atoms with E-state index in [-0.39, 0.29) is 0 Å². The van der Waals surface area contributed by atoms with Gasteiger partial charge in [-0.15, -0.1) is 25.3 Å². The molecule has 0 aliphatic carbocycles. The summed E-state index contributed by atoms with van der Waals surface area (Å²) in [6.45, 7) is 0.506. The van der Waals surface area contributed by atoms with Gasteiger partial charge in [0.15, 0.2) is 5.09 Å². The molecule has 0 atom stereocenters. The summed E-state index contributed by atoms with van der Waals surface area (Å²) in [6, 6.07) is 0. The lowest BCUT2D eigenvalue weighted by Crippen LogP contribution is -2.01. The SMILES string of the molecule is COC1=CCOC(S)=C1S. The molecule has 56 valence electrons. The second-order valence-electron chi connectivity index (χ2n) is 1.74. The fraction of sp³-hybridized carbons (Fsp3) is 0.333. The van der Waals surface area contributed by atoms with Crippen LogP contribution in [0.2, 0.25) is 0 Å². The lowest BCUT2D eigenvalue weighted by atomic mass is 10.4. The van der Waals surface area contributed by atoms with Crippen LogP contribution in [0.3, 0.4) is 0 Å². The highest BCUT2D eigenvalue weighted by molar-refractivity contribution is 7.88. The minimum Gasteiger partial charge on any atom is -0.496 e. The van der Waals surface area contributed by atoms with Crippen molar-refractivity contribution in [3.63, 3.8) is 0 Å². The first-order chi connectivity index (χ1) is 4.75. The molecule has 1 aliphatic heterocycles. The van der Waals surface area contributed by atoms with Gasteiger partial charge in [-0.3, -0.25) is 0 Å². The van der Waals surface area contributed by atoms with Gasteiger partial charge in [-0.2, -0.15) is 0 Å². The normalized spacial score (nSPS) is 18.1. The molecule has 1 heterocycles. The molecule has 0 amide bonds. The highest BCUT2D eigenvalue weighted by Crippen LogP contribution is 2.25. The molecule has 2 nitrogen and oxygen atoms in total. The van der Waals surface area contributed by atoms with Gasteiger partial charge in [0, 0.05) is 0 Å². The molecular weight excluding hydrogens is 168 g/mol. The highest BCUT2D eigenvalue weighted by Gasteiger charge is 2.11. The highest BCUT2D eigenvalue weighted by atomic mass is 32.1. The van der Waals surface area contributed by atoms with Crippen LogP contribution < -0.4 is 0 Å². The van der Waals surface area contributed by atoms with E-state index in [0.29, 0.717) is 16.6 Å². The van der Waals surface area contributed by atoms with Crippen LogP contribution in [-0.2, 0) is 9.47 Å². The topological polar surface area (TPSA) is 18.5 Å². The van der Waals surface area contributed by atoms with Gasteiger partial charge in [0.25, 0.3) is 0 Å². The Balaban J connectivity index is 2.83. The van der Waals surface area contributed by atoms with Crippen LogP contribution in [0.25, 0.3) is 0 Å². The Morgan fingerprint density at radius 1 is 1.60 bits per heavy atom. The van der Waals surface area contributed by atoms with Crippen molar-refractivity contribution in [1.29, 1.82) is 0 Å². The van der Waals surface area contributed by atoms with E-state index in [1.54, 1.807) is 7.11 Å². The second kappa shape index (κ2) is 3.25. The number of methoxy groups -OCH3 is 1. The Kier molecular flexibility index (Phi) is 2.56. The van der Waals surface area contributed by atoms with Crippen molar-refractivity contribution in [2.45, 2.75) is 0 Å². The van der Waals surface area contributed by atoms with E-state index in [4.69, 9.17) is 9.47 Å². The number of hydrogen-bond acceptors (Lipinski definition) is 4. The Morgan fingerprint density at radius 2 is 2.30 bits per heavy atom. The maximum Gasteiger partial charge on any atom is 0.167 e. The van der Waals surface area contributed by atoms with Crippen molar-refractivity contribution in [3.05, 3.63) is 21.8 Å². The van der Waals surface area contributed by atoms with Crippen LogP contribution in [-0.4, -0.2) is 13.7 Å². The van der Waals surface area contributed by atoms with E-state index in [1.807, 2.05) is 6.08 Å². The van der Waals surface area contributed by atoms with Gasteiger partial charge in [-0.1, -0.05) is 0 Å². The molecule has 1 rings (SSSR count). The number of ether oxygens (including phenoxy) is 2. The van der Waals surface area contributed by atoms with Crippen LogP contribution >= 0.6 is 25.3 Å². The van der Waals surface area contributed by atoms with Gasteiger partial charge in [0.1, 0.15) is 12.4 Å². The fourth-order valence-electron chi connectivity index (χ4n) is 0.647. The minimum atomic E-state index is 0.506. The van der Waals surface area contributed by atoms with Crippen LogP contribution in [0.4, 0.5) is 0 Å². The molecule has 0 fully saturated rings. The molecule has 0 unspecified atom stereocenters. The molecule has 0 saturated carbocycles. The minimum absolute atomic E-state index is 0.506. The molecule has 0 aromatic carbocycles. The monoisotopic (exact) mass is 176 g/mol. The van der Waals surface area contributed by atoms with Crippen molar-refractivity contribution >= 4 is 25.3 Å². The molecule has 0 bridgehead atoms. The van der Waals surface area contributed by atoms with Crippen LogP contribution in [0.5, 0.6) is 0 Å². The van der Waals surface area contributed by atoms with Crippen molar-refractivity contribution in [1.82, 2.24) is 0 Å². The fourth-order valence-corrected chi connectivity index (χ4v) is 1.08. The van der Waals surface area contributed by atoms with Gasteiger partial charge >= 0.3 is 0 Å². The Labute approximate surface area is 70.7 Å². The number of hydrogen-bond donors (Lipinski definition) is 2. The molecule has 0 saturated heterocycles. The maximum atomic E-state index is 5.03. The van der Waals surface area contributed by atoms with Gasteiger partial charge < -0.3 is 9.47 Å². The van der Waals surface area contributed by atoms with Gasteiger partial charge in [-0.05, 0) is 6.08 Å². The van der Waals surface area contributed by atoms with Gasteiger partial charge in [0.2, 0.25) is 0 Å². The zero-order valence-electron chi connectivity index (χ0n) is 5.50. The van der Waals surface area contributed by atoms with E-state index < -0.39 is 0 Å². The summed E-state index contributed by atoms with van der Waals surface area (Å²) < 4.78 is 10.0. The first kappa shape index (κ1) is 7.88. The standard InChI is InChI=1S/C6H8O2S2/c1-7-4-2-3-8-6(10)5(4)9/h2,9-10H,3H2,1H3. The molecule has 0 aromatic heterocycles. The zero-order valence-corrected chi connectivity index (χ0v) is 7.28. The average molecular weight is 176 g/mol. The Bertz CT molecular complexity index is 196. The third kappa shape index (κ3) is 1.44. The predicted molar refractivity (Wildman–Crippen MR) is 46.0 cm³/mol. The summed E-state index contributed by atoms with van der Waals surface area (Å²) in [6.07, 6.45) is 1.81. The summed E-state index contributed by atoms with van der Waals surface area (Å²) in [4.78, 5) is 0.650. The van der Waals surface area contributed by atoms with Crippen molar-refractivity contribution in [3.8, 4) is 0 Å². The second-order valence-corrected chi connectivity index (χ2v) is 2.59. The number of thiol groups is 2. The van der Waals surface area contributed by atoms with Crippen LogP contribution in [0.1, 0.15) is 0 Å². The first-order valence-electron chi connectivity index (χ1n) is 2.75. The third-order valence-electron chi connectivity index (χ3n) is 1.14. The summed E-state index contributed by atoms with van der Waals surface area (Å²) in [5, 5.41) is 0.516. The Hall–Kier alpha value is -0.220. The predicted octanol–water partition coefficient (Wildman–Crippen LogP) is 1.58. The summed E-state index contributed by atoms with van der Waals surface area (Å²) in [7, 11) is 1.59. The third-order valence-corrected chi connectivity index (χ3v) is 2.10. The molecule has 0 radical (unpaired) electrons. The van der Waals surface area contributed by atoms with E-state index in [2.05, 4.69) is 25.3 Å². The van der Waals surface area contributed by atoms with E-state index in [0.717, 1.165) is 5.76 Å². The summed E-state index contributed by atoms with van der Waals surface area (Å²) in [5.41, 5.74) is 0. The van der Waals surface area contributed by atoms with Crippen LogP contribution in [0, 0.1) is 0 Å². The van der Waals surface area contributed by atoms with Crippen LogP contribution in [0.15, 0.2) is 21.8 Å². The summed E-state index contributed by atoms with van der Waals surface area (Å²) in [5.74, 6) is 0.722. The van der Waals surface area contributed by atoms with E-state index in [1.165, 1.54) is 0 Å². The molecule has 10 heavy (non-hydrogen) atoms. The Morgan fingerprint density at radius 3 is 2.80 bits per heavy atom. The molecule has 4 heteroatoms. The molecular formula is C6H8O2S2. The molecule has 0 spiro atoms. The molecule has 1 aliphatic rings. The maximum absolute atomic E-state index is 5.03.